The molecule has 1 unspecified atom stereocenters. The summed E-state index contributed by atoms with van der Waals surface area (Å²) < 4.78 is 1.03. The molecule has 0 aliphatic carbocycles. The van der Waals surface area contributed by atoms with Crippen molar-refractivity contribution in [3.05, 3.63) is 64.4 Å². The standard InChI is InChI=1S/C15H15BrN2O/c1-2-14(11-5-7-13(16)8-6-11)18-15(19)12-4-3-9-17-10-12/h3-10,14H,2H2,1H3,(H,18,19). The van der Waals surface area contributed by atoms with Crippen molar-refractivity contribution in [2.45, 2.75) is 19.4 Å². The summed E-state index contributed by atoms with van der Waals surface area (Å²) in [7, 11) is 0. The Labute approximate surface area is 121 Å². The quantitative estimate of drug-likeness (QED) is 0.933. The van der Waals surface area contributed by atoms with Crippen LogP contribution in [0.3, 0.4) is 0 Å². The molecule has 4 heteroatoms. The van der Waals surface area contributed by atoms with Crippen LogP contribution in [0.15, 0.2) is 53.3 Å². The number of nitrogens with one attached hydrogen (secondary N) is 1. The van der Waals surface area contributed by atoms with Crippen LogP contribution >= 0.6 is 15.9 Å². The Hall–Kier alpha value is -1.68. The number of hydrogen-bond acceptors (Lipinski definition) is 2. The van der Waals surface area contributed by atoms with Gasteiger partial charge in [-0.3, -0.25) is 9.78 Å². The predicted molar refractivity (Wildman–Crippen MR) is 78.9 cm³/mol. The summed E-state index contributed by atoms with van der Waals surface area (Å²) in [4.78, 5) is 16.1. The van der Waals surface area contributed by atoms with Crippen LogP contribution in [-0.4, -0.2) is 10.9 Å². The molecule has 0 saturated carbocycles. The summed E-state index contributed by atoms with van der Waals surface area (Å²) in [5, 5.41) is 3.02. The van der Waals surface area contributed by atoms with Crippen LogP contribution in [0, 0.1) is 0 Å². The minimum absolute atomic E-state index is 0.0146. The lowest BCUT2D eigenvalue weighted by atomic mass is 10.0. The number of aromatic nitrogens is 1. The van der Waals surface area contributed by atoms with Gasteiger partial charge in [-0.05, 0) is 36.2 Å². The van der Waals surface area contributed by atoms with Gasteiger partial charge in [-0.25, -0.2) is 0 Å². The Balaban J connectivity index is 2.11. The van der Waals surface area contributed by atoms with E-state index in [1.807, 2.05) is 24.3 Å². The van der Waals surface area contributed by atoms with Crippen molar-refractivity contribution in [3.63, 3.8) is 0 Å². The molecule has 3 nitrogen and oxygen atoms in total. The zero-order valence-electron chi connectivity index (χ0n) is 10.6. The summed E-state index contributed by atoms with van der Waals surface area (Å²) in [6, 6.07) is 11.5. The van der Waals surface area contributed by atoms with Gasteiger partial charge >= 0.3 is 0 Å². The number of pyridine rings is 1. The average Bonchev–Trinajstić information content (AvgIpc) is 2.46. The molecule has 0 aliphatic rings. The van der Waals surface area contributed by atoms with E-state index in [9.17, 15) is 4.79 Å². The van der Waals surface area contributed by atoms with E-state index in [-0.39, 0.29) is 11.9 Å². The summed E-state index contributed by atoms with van der Waals surface area (Å²) in [6.45, 7) is 2.05. The maximum atomic E-state index is 12.1. The van der Waals surface area contributed by atoms with Gasteiger partial charge in [0.25, 0.3) is 5.91 Å². The maximum absolute atomic E-state index is 12.1. The van der Waals surface area contributed by atoms with Crippen LogP contribution < -0.4 is 5.32 Å². The molecule has 1 N–H and O–H groups in total. The van der Waals surface area contributed by atoms with E-state index in [4.69, 9.17) is 0 Å². The van der Waals surface area contributed by atoms with Crippen molar-refractivity contribution in [1.82, 2.24) is 10.3 Å². The molecule has 0 saturated heterocycles. The van der Waals surface area contributed by atoms with Crippen molar-refractivity contribution in [1.29, 1.82) is 0 Å². The summed E-state index contributed by atoms with van der Waals surface area (Å²) >= 11 is 3.41. The maximum Gasteiger partial charge on any atom is 0.253 e. The highest BCUT2D eigenvalue weighted by atomic mass is 79.9. The second kappa shape index (κ2) is 6.48. The number of halogens is 1. The smallest absolute Gasteiger partial charge is 0.253 e. The SMILES string of the molecule is CCC(NC(=O)c1cccnc1)c1ccc(Br)cc1. The molecular formula is C15H15BrN2O. The molecule has 98 valence electrons. The predicted octanol–water partition coefficient (Wildman–Crippen LogP) is 3.73. The molecule has 2 aromatic rings. The van der Waals surface area contributed by atoms with Crippen LogP contribution in [0.4, 0.5) is 0 Å². The Morgan fingerprint density at radius 3 is 2.63 bits per heavy atom. The van der Waals surface area contributed by atoms with Gasteiger partial charge in [-0.1, -0.05) is 35.0 Å². The van der Waals surface area contributed by atoms with Gasteiger partial charge in [0.15, 0.2) is 0 Å². The first-order valence-electron chi connectivity index (χ1n) is 6.17. The van der Waals surface area contributed by atoms with E-state index in [0.717, 1.165) is 16.5 Å². The highest BCUT2D eigenvalue weighted by Gasteiger charge is 2.13. The number of rotatable bonds is 4. The molecule has 1 aromatic heterocycles. The molecule has 0 aliphatic heterocycles. The highest BCUT2D eigenvalue weighted by molar-refractivity contribution is 9.10. The molecule has 0 bridgehead atoms. The molecule has 1 atom stereocenters. The van der Waals surface area contributed by atoms with Gasteiger partial charge < -0.3 is 5.32 Å². The summed E-state index contributed by atoms with van der Waals surface area (Å²) in [5.41, 5.74) is 1.68. The Morgan fingerprint density at radius 2 is 2.05 bits per heavy atom. The largest absolute Gasteiger partial charge is 0.345 e. The van der Waals surface area contributed by atoms with Gasteiger partial charge in [0.1, 0.15) is 0 Å². The minimum Gasteiger partial charge on any atom is -0.345 e. The lowest BCUT2D eigenvalue weighted by Gasteiger charge is -2.17. The number of benzene rings is 1. The molecule has 1 heterocycles. The van der Waals surface area contributed by atoms with Crippen LogP contribution in [-0.2, 0) is 0 Å². The Bertz CT molecular complexity index is 540. The van der Waals surface area contributed by atoms with E-state index in [0.29, 0.717) is 5.56 Å². The third-order valence-corrected chi connectivity index (χ3v) is 3.44. The lowest BCUT2D eigenvalue weighted by Crippen LogP contribution is -2.28. The van der Waals surface area contributed by atoms with Crippen molar-refractivity contribution >= 4 is 21.8 Å². The van der Waals surface area contributed by atoms with Crippen molar-refractivity contribution in [2.24, 2.45) is 0 Å². The first-order chi connectivity index (χ1) is 9.20. The van der Waals surface area contributed by atoms with E-state index in [1.165, 1.54) is 0 Å². The average molecular weight is 319 g/mol. The Morgan fingerprint density at radius 1 is 1.32 bits per heavy atom. The zero-order chi connectivity index (χ0) is 13.7. The summed E-state index contributed by atoms with van der Waals surface area (Å²) in [6.07, 6.45) is 4.07. The molecule has 0 fully saturated rings. The number of nitrogens with zero attached hydrogens (tertiary/aromatic N) is 1. The second-order valence-corrected chi connectivity index (χ2v) is 5.14. The van der Waals surface area contributed by atoms with Gasteiger partial charge in [0.2, 0.25) is 0 Å². The highest BCUT2D eigenvalue weighted by Crippen LogP contribution is 2.19. The van der Waals surface area contributed by atoms with Gasteiger partial charge in [0.05, 0.1) is 11.6 Å². The van der Waals surface area contributed by atoms with Crippen LogP contribution in [0.1, 0.15) is 35.3 Å². The lowest BCUT2D eigenvalue weighted by molar-refractivity contribution is 0.0935. The molecule has 19 heavy (non-hydrogen) atoms. The van der Waals surface area contributed by atoms with Gasteiger partial charge in [-0.15, -0.1) is 0 Å². The van der Waals surface area contributed by atoms with Crippen LogP contribution in [0.5, 0.6) is 0 Å². The minimum atomic E-state index is -0.0946. The molecule has 1 aromatic carbocycles. The number of carbonyl (C=O) groups is 1. The Kier molecular flexibility index (Phi) is 4.68. The fourth-order valence-corrected chi connectivity index (χ4v) is 2.12. The van der Waals surface area contributed by atoms with Crippen molar-refractivity contribution < 1.29 is 4.79 Å². The number of amides is 1. The van der Waals surface area contributed by atoms with E-state index in [2.05, 4.69) is 33.2 Å². The van der Waals surface area contributed by atoms with E-state index >= 15 is 0 Å². The number of carbonyl (C=O) groups excluding carboxylic acids is 1. The molecule has 2 rings (SSSR count). The number of hydrogen-bond donors (Lipinski definition) is 1. The first-order valence-corrected chi connectivity index (χ1v) is 6.96. The fraction of sp³-hybridized carbons (Fsp3) is 0.200. The van der Waals surface area contributed by atoms with Gasteiger partial charge in [-0.2, -0.15) is 0 Å². The first kappa shape index (κ1) is 13.7. The van der Waals surface area contributed by atoms with E-state index < -0.39 is 0 Å². The molecular weight excluding hydrogens is 304 g/mol. The second-order valence-electron chi connectivity index (χ2n) is 4.23. The molecule has 0 radical (unpaired) electrons. The fourth-order valence-electron chi connectivity index (χ4n) is 1.85. The zero-order valence-corrected chi connectivity index (χ0v) is 12.2. The van der Waals surface area contributed by atoms with Gasteiger partial charge in [0, 0.05) is 16.9 Å². The summed E-state index contributed by atoms with van der Waals surface area (Å²) in [5.74, 6) is -0.0946. The third-order valence-electron chi connectivity index (χ3n) is 2.91. The van der Waals surface area contributed by atoms with Crippen LogP contribution in [0.2, 0.25) is 0 Å². The molecule has 0 spiro atoms. The van der Waals surface area contributed by atoms with E-state index in [1.54, 1.807) is 24.5 Å². The van der Waals surface area contributed by atoms with Crippen molar-refractivity contribution in [2.75, 3.05) is 0 Å². The van der Waals surface area contributed by atoms with Crippen molar-refractivity contribution in [3.8, 4) is 0 Å². The monoisotopic (exact) mass is 318 g/mol. The van der Waals surface area contributed by atoms with Crippen LogP contribution in [0.25, 0.3) is 0 Å². The normalized spacial score (nSPS) is 11.9. The topological polar surface area (TPSA) is 42.0 Å². The molecule has 1 amide bonds. The third kappa shape index (κ3) is 3.64.